The van der Waals surface area contributed by atoms with Crippen molar-refractivity contribution in [3.05, 3.63) is 16.4 Å². The van der Waals surface area contributed by atoms with Crippen LogP contribution in [0.5, 0.6) is 0 Å². The number of anilines is 1. The van der Waals surface area contributed by atoms with E-state index in [1.807, 2.05) is 6.92 Å². The van der Waals surface area contributed by atoms with E-state index < -0.39 is 0 Å². The second-order valence-corrected chi connectivity index (χ2v) is 4.73. The maximum atomic E-state index is 5.86. The molecule has 0 spiro atoms. The molecule has 6 heteroatoms. The molecule has 0 saturated carbocycles. The fraction of sp³-hybridized carbons (Fsp3) is 0.600. The number of rotatable bonds is 1. The number of ether oxygens (including phenoxy) is 1. The molecule has 1 aromatic rings. The van der Waals surface area contributed by atoms with Crippen LogP contribution in [0.2, 0.25) is 10.3 Å². The highest BCUT2D eigenvalue weighted by Gasteiger charge is 2.25. The molecule has 2 atom stereocenters. The van der Waals surface area contributed by atoms with Crippen molar-refractivity contribution in [2.45, 2.75) is 26.0 Å². The monoisotopic (exact) mass is 261 g/mol. The Balaban J connectivity index is 2.27. The van der Waals surface area contributed by atoms with Crippen molar-refractivity contribution in [1.82, 2.24) is 9.97 Å². The van der Waals surface area contributed by atoms with Crippen LogP contribution >= 0.6 is 23.2 Å². The van der Waals surface area contributed by atoms with Gasteiger partial charge in [0.1, 0.15) is 10.3 Å². The summed E-state index contributed by atoms with van der Waals surface area (Å²) in [5, 5.41) is 0.725. The predicted octanol–water partition coefficient (Wildman–Crippen LogP) is 2.40. The summed E-state index contributed by atoms with van der Waals surface area (Å²) in [5.74, 6) is 0.570. The first kappa shape index (κ1) is 11.9. The van der Waals surface area contributed by atoms with Crippen molar-refractivity contribution in [3.63, 3.8) is 0 Å². The molecule has 4 nitrogen and oxygen atoms in total. The Hall–Kier alpha value is -0.580. The van der Waals surface area contributed by atoms with E-state index in [0.29, 0.717) is 22.9 Å². The third-order valence-electron chi connectivity index (χ3n) is 2.52. The number of morpholine rings is 1. The molecule has 1 fully saturated rings. The van der Waals surface area contributed by atoms with Crippen LogP contribution in [-0.2, 0) is 4.74 Å². The molecular weight excluding hydrogens is 249 g/mol. The Kier molecular flexibility index (Phi) is 3.52. The highest BCUT2D eigenvalue weighted by Crippen LogP contribution is 2.21. The van der Waals surface area contributed by atoms with Gasteiger partial charge in [-0.15, -0.1) is 0 Å². The Morgan fingerprint density at radius 2 is 1.94 bits per heavy atom. The Morgan fingerprint density at radius 1 is 1.31 bits per heavy atom. The summed E-state index contributed by atoms with van der Waals surface area (Å²) in [5.41, 5.74) is 0. The third-order valence-corrected chi connectivity index (χ3v) is 2.90. The van der Waals surface area contributed by atoms with Crippen LogP contribution in [0.4, 0.5) is 5.95 Å². The molecule has 0 bridgehead atoms. The lowest BCUT2D eigenvalue weighted by atomic mass is 10.2. The largest absolute Gasteiger partial charge is 0.375 e. The number of nitrogens with zero attached hydrogens (tertiary/aromatic N) is 3. The molecule has 0 unspecified atom stereocenters. The van der Waals surface area contributed by atoms with E-state index in [-0.39, 0.29) is 12.1 Å². The van der Waals surface area contributed by atoms with Crippen molar-refractivity contribution >= 4 is 29.2 Å². The maximum Gasteiger partial charge on any atom is 0.228 e. The first-order chi connectivity index (χ1) is 7.56. The van der Waals surface area contributed by atoms with Crippen molar-refractivity contribution in [1.29, 1.82) is 0 Å². The van der Waals surface area contributed by atoms with Crippen LogP contribution < -0.4 is 4.90 Å². The van der Waals surface area contributed by atoms with Crippen LogP contribution in [0, 0.1) is 0 Å². The van der Waals surface area contributed by atoms with Gasteiger partial charge < -0.3 is 9.64 Å². The van der Waals surface area contributed by atoms with Gasteiger partial charge in [0.25, 0.3) is 0 Å². The number of halogens is 2. The van der Waals surface area contributed by atoms with Crippen LogP contribution in [0.15, 0.2) is 6.07 Å². The van der Waals surface area contributed by atoms with Crippen LogP contribution in [0.3, 0.4) is 0 Å². The lowest BCUT2D eigenvalue weighted by molar-refractivity contribution is 0.0337. The molecule has 0 aliphatic carbocycles. The van der Waals surface area contributed by atoms with Gasteiger partial charge in [-0.2, -0.15) is 0 Å². The molecule has 0 radical (unpaired) electrons. The van der Waals surface area contributed by atoms with Gasteiger partial charge in [-0.05, 0) is 13.8 Å². The van der Waals surface area contributed by atoms with Crippen molar-refractivity contribution in [3.8, 4) is 0 Å². The average molecular weight is 262 g/mol. The predicted molar refractivity (Wildman–Crippen MR) is 64.3 cm³/mol. The minimum atomic E-state index is 0.164. The van der Waals surface area contributed by atoms with Gasteiger partial charge >= 0.3 is 0 Å². The molecule has 88 valence electrons. The van der Waals surface area contributed by atoms with E-state index in [9.17, 15) is 0 Å². The van der Waals surface area contributed by atoms with E-state index in [2.05, 4.69) is 21.8 Å². The lowest BCUT2D eigenvalue weighted by Gasteiger charge is -2.36. The zero-order valence-electron chi connectivity index (χ0n) is 9.15. The maximum absolute atomic E-state index is 5.86. The molecule has 1 saturated heterocycles. The van der Waals surface area contributed by atoms with Crippen LogP contribution in [0.25, 0.3) is 0 Å². The van der Waals surface area contributed by atoms with E-state index in [4.69, 9.17) is 27.9 Å². The molecule has 1 aromatic heterocycles. The zero-order valence-corrected chi connectivity index (χ0v) is 10.7. The Bertz CT molecular complexity index is 368. The highest BCUT2D eigenvalue weighted by molar-refractivity contribution is 6.33. The number of hydrogen-bond acceptors (Lipinski definition) is 4. The summed E-state index contributed by atoms with van der Waals surface area (Å²) in [6.07, 6.45) is 0.164. The number of hydrogen-bond donors (Lipinski definition) is 0. The zero-order chi connectivity index (χ0) is 11.7. The standard InChI is InChI=1S/C10H13Cl2N3O/c1-6-5-16-7(2)4-15(6)10-13-8(11)3-9(12)14-10/h3,6-7H,4-5H2,1-2H3/t6-,7-/m0/s1. The van der Waals surface area contributed by atoms with Gasteiger partial charge in [-0.25, -0.2) is 9.97 Å². The highest BCUT2D eigenvalue weighted by atomic mass is 35.5. The van der Waals surface area contributed by atoms with Crippen LogP contribution in [0.1, 0.15) is 13.8 Å². The molecule has 0 aromatic carbocycles. The Morgan fingerprint density at radius 3 is 2.56 bits per heavy atom. The first-order valence-corrected chi connectivity index (χ1v) is 5.90. The Labute approximate surface area is 105 Å². The van der Waals surface area contributed by atoms with Crippen molar-refractivity contribution in [2.24, 2.45) is 0 Å². The topological polar surface area (TPSA) is 38.2 Å². The van der Waals surface area contributed by atoms with Gasteiger partial charge in [0, 0.05) is 12.6 Å². The molecule has 16 heavy (non-hydrogen) atoms. The average Bonchev–Trinajstić information content (AvgIpc) is 2.20. The molecule has 2 heterocycles. The van der Waals surface area contributed by atoms with Gasteiger partial charge in [0.15, 0.2) is 0 Å². The van der Waals surface area contributed by atoms with E-state index in [1.165, 1.54) is 6.07 Å². The van der Waals surface area contributed by atoms with Crippen molar-refractivity contribution < 1.29 is 4.74 Å². The van der Waals surface area contributed by atoms with Gasteiger partial charge in [0.2, 0.25) is 5.95 Å². The smallest absolute Gasteiger partial charge is 0.228 e. The minimum absolute atomic E-state index is 0.164. The fourth-order valence-electron chi connectivity index (χ4n) is 1.69. The number of aromatic nitrogens is 2. The quantitative estimate of drug-likeness (QED) is 0.728. The third kappa shape index (κ3) is 2.56. The van der Waals surface area contributed by atoms with E-state index in [1.54, 1.807) is 0 Å². The lowest BCUT2D eigenvalue weighted by Crippen LogP contribution is -2.48. The summed E-state index contributed by atoms with van der Waals surface area (Å²) in [6, 6.07) is 1.76. The van der Waals surface area contributed by atoms with Crippen molar-refractivity contribution in [2.75, 3.05) is 18.1 Å². The summed E-state index contributed by atoms with van der Waals surface area (Å²) in [4.78, 5) is 10.4. The fourth-order valence-corrected chi connectivity index (χ4v) is 2.10. The summed E-state index contributed by atoms with van der Waals surface area (Å²) >= 11 is 11.7. The minimum Gasteiger partial charge on any atom is -0.375 e. The SMILES string of the molecule is C[C@H]1CN(c2nc(Cl)cc(Cl)n2)[C@@H](C)CO1. The van der Waals surface area contributed by atoms with E-state index in [0.717, 1.165) is 6.54 Å². The molecule has 1 aliphatic heterocycles. The molecular formula is C10H13Cl2N3O. The normalized spacial score (nSPS) is 25.9. The molecule has 0 amide bonds. The van der Waals surface area contributed by atoms with Gasteiger partial charge in [0.05, 0.1) is 18.8 Å². The van der Waals surface area contributed by atoms with E-state index >= 15 is 0 Å². The second kappa shape index (κ2) is 4.73. The molecule has 1 aliphatic rings. The van der Waals surface area contributed by atoms with Gasteiger partial charge in [-0.1, -0.05) is 23.2 Å². The second-order valence-electron chi connectivity index (χ2n) is 3.96. The molecule has 0 N–H and O–H groups in total. The molecule has 2 rings (SSSR count). The van der Waals surface area contributed by atoms with Crippen LogP contribution in [-0.4, -0.2) is 35.3 Å². The summed E-state index contributed by atoms with van der Waals surface area (Å²) < 4.78 is 5.54. The summed E-state index contributed by atoms with van der Waals surface area (Å²) in [7, 11) is 0. The first-order valence-electron chi connectivity index (χ1n) is 5.14. The van der Waals surface area contributed by atoms with Gasteiger partial charge in [-0.3, -0.25) is 0 Å². The summed E-state index contributed by atoms with van der Waals surface area (Å²) in [6.45, 7) is 5.49.